The van der Waals surface area contributed by atoms with E-state index in [4.69, 9.17) is 11.8 Å². The molecular weight excluding hydrogens is 166 g/mol. The quantitative estimate of drug-likeness (QED) is 0.558. The molecule has 5 heteroatoms. The van der Waals surface area contributed by atoms with Crippen molar-refractivity contribution in [2.75, 3.05) is 0 Å². The lowest BCUT2D eigenvalue weighted by Gasteiger charge is -1.88. The van der Waals surface area contributed by atoms with E-state index in [9.17, 15) is 0 Å². The maximum absolute atomic E-state index is 8.60. The molecule has 0 spiro atoms. The van der Waals surface area contributed by atoms with Crippen LogP contribution in [0.25, 0.3) is 15.9 Å². The highest BCUT2D eigenvalue weighted by atomic mass is 15.4. The van der Waals surface area contributed by atoms with E-state index >= 15 is 0 Å². The summed E-state index contributed by atoms with van der Waals surface area (Å²) in [5.41, 5.74) is 1.68. The number of hydrogen-bond donors (Lipinski definition) is 0. The lowest BCUT2D eigenvalue weighted by Crippen LogP contribution is -1.88. The highest BCUT2D eigenvalue weighted by Crippen LogP contribution is 2.18. The van der Waals surface area contributed by atoms with Crippen LogP contribution in [-0.4, -0.2) is 15.0 Å². The topological polar surface area (TPSA) is 58.9 Å². The molecule has 60 valence electrons. The molecule has 0 radical (unpaired) electrons. The minimum atomic E-state index is 0.498. The Labute approximate surface area is 73.6 Å². The first-order valence-corrected chi connectivity index (χ1v) is 3.48. The molecule has 1 aromatic heterocycles. The number of benzene rings is 1. The molecule has 0 aliphatic heterocycles. The van der Waals surface area contributed by atoms with Gasteiger partial charge in [0.25, 0.3) is 0 Å². The summed E-state index contributed by atoms with van der Waals surface area (Å²) in [6.07, 6.45) is 1.85. The minimum absolute atomic E-state index is 0.498. The Balaban J connectivity index is 2.79. The standard InChI is InChI=1S/C8H3N5/c1-10-6-2-3-8-7(4-6)11-12-13(8)5-9/h2-4H. The van der Waals surface area contributed by atoms with E-state index in [0.717, 1.165) is 4.68 Å². The maximum Gasteiger partial charge on any atom is 0.208 e. The van der Waals surface area contributed by atoms with Crippen LogP contribution in [0, 0.1) is 18.0 Å². The predicted octanol–water partition coefficient (Wildman–Crippen LogP) is 1.31. The molecular formula is C8H3N5. The average Bonchev–Trinajstić information content (AvgIpc) is 2.59. The lowest BCUT2D eigenvalue weighted by atomic mass is 10.3. The van der Waals surface area contributed by atoms with Gasteiger partial charge >= 0.3 is 0 Å². The minimum Gasteiger partial charge on any atom is -0.238 e. The van der Waals surface area contributed by atoms with Gasteiger partial charge < -0.3 is 0 Å². The van der Waals surface area contributed by atoms with Gasteiger partial charge in [0.1, 0.15) is 11.0 Å². The van der Waals surface area contributed by atoms with Crippen LogP contribution in [0.4, 0.5) is 5.69 Å². The molecule has 0 aliphatic rings. The second kappa shape index (κ2) is 2.58. The van der Waals surface area contributed by atoms with E-state index in [1.165, 1.54) is 0 Å². The molecule has 0 N–H and O–H groups in total. The third-order valence-electron chi connectivity index (χ3n) is 1.65. The van der Waals surface area contributed by atoms with Crippen LogP contribution in [0.15, 0.2) is 18.2 Å². The fraction of sp³-hybridized carbons (Fsp3) is 0. The summed E-state index contributed by atoms with van der Waals surface area (Å²) in [6.45, 7) is 6.78. The largest absolute Gasteiger partial charge is 0.238 e. The molecule has 2 rings (SSSR count). The zero-order chi connectivity index (χ0) is 9.26. The van der Waals surface area contributed by atoms with Crippen LogP contribution in [-0.2, 0) is 0 Å². The van der Waals surface area contributed by atoms with Crippen molar-refractivity contribution in [3.8, 4) is 6.19 Å². The third-order valence-corrected chi connectivity index (χ3v) is 1.65. The Hall–Kier alpha value is -2.40. The number of aromatic nitrogens is 3. The van der Waals surface area contributed by atoms with Crippen LogP contribution >= 0.6 is 0 Å². The summed E-state index contributed by atoms with van der Waals surface area (Å²) in [5.74, 6) is 0. The van der Waals surface area contributed by atoms with Gasteiger partial charge in [0.15, 0.2) is 5.69 Å². The van der Waals surface area contributed by atoms with Crippen molar-refractivity contribution in [3.63, 3.8) is 0 Å². The molecule has 0 saturated carbocycles. The van der Waals surface area contributed by atoms with E-state index < -0.39 is 0 Å². The van der Waals surface area contributed by atoms with Gasteiger partial charge in [0.05, 0.1) is 6.57 Å². The van der Waals surface area contributed by atoms with Gasteiger partial charge in [-0.1, -0.05) is 11.3 Å². The van der Waals surface area contributed by atoms with Gasteiger partial charge in [-0.25, -0.2) is 4.85 Å². The van der Waals surface area contributed by atoms with Crippen molar-refractivity contribution >= 4 is 16.7 Å². The van der Waals surface area contributed by atoms with E-state index in [1.807, 2.05) is 6.19 Å². The highest BCUT2D eigenvalue weighted by molar-refractivity contribution is 5.79. The Kier molecular flexibility index (Phi) is 1.44. The van der Waals surface area contributed by atoms with Crippen molar-refractivity contribution in [2.45, 2.75) is 0 Å². The van der Waals surface area contributed by atoms with Crippen molar-refractivity contribution in [1.82, 2.24) is 15.0 Å². The molecule has 1 aromatic carbocycles. The molecule has 2 aromatic rings. The first-order chi connectivity index (χ1) is 6.35. The van der Waals surface area contributed by atoms with E-state index in [1.54, 1.807) is 18.2 Å². The Morgan fingerprint density at radius 3 is 3.08 bits per heavy atom. The second-order valence-electron chi connectivity index (χ2n) is 2.39. The van der Waals surface area contributed by atoms with E-state index in [0.29, 0.717) is 16.7 Å². The van der Waals surface area contributed by atoms with E-state index in [-0.39, 0.29) is 0 Å². The van der Waals surface area contributed by atoms with Crippen molar-refractivity contribution in [1.29, 1.82) is 5.26 Å². The number of hydrogen-bond acceptors (Lipinski definition) is 3. The molecule has 0 bridgehead atoms. The summed E-state index contributed by atoms with van der Waals surface area (Å²) < 4.78 is 1.11. The molecule has 13 heavy (non-hydrogen) atoms. The van der Waals surface area contributed by atoms with Gasteiger partial charge in [-0.05, 0) is 12.1 Å². The molecule has 0 fully saturated rings. The van der Waals surface area contributed by atoms with Crippen LogP contribution in [0.1, 0.15) is 0 Å². The van der Waals surface area contributed by atoms with Crippen molar-refractivity contribution in [2.24, 2.45) is 0 Å². The highest BCUT2D eigenvalue weighted by Gasteiger charge is 2.03. The molecule has 0 saturated heterocycles. The number of nitrogens with zero attached hydrogens (tertiary/aromatic N) is 5. The number of fused-ring (bicyclic) bond motifs is 1. The summed E-state index contributed by atoms with van der Waals surface area (Å²) in [7, 11) is 0. The summed E-state index contributed by atoms with van der Waals surface area (Å²) >= 11 is 0. The van der Waals surface area contributed by atoms with Gasteiger partial charge in [-0.15, -0.1) is 9.78 Å². The molecule has 0 aliphatic carbocycles. The zero-order valence-electron chi connectivity index (χ0n) is 6.47. The first kappa shape index (κ1) is 7.26. The Bertz CT molecular complexity index is 540. The fourth-order valence-corrected chi connectivity index (χ4v) is 1.06. The maximum atomic E-state index is 8.60. The Morgan fingerprint density at radius 1 is 1.54 bits per heavy atom. The normalized spacial score (nSPS) is 9.38. The average molecular weight is 169 g/mol. The van der Waals surface area contributed by atoms with Crippen LogP contribution < -0.4 is 0 Å². The molecule has 0 amide bonds. The summed E-state index contributed by atoms with van der Waals surface area (Å²) in [5, 5.41) is 15.9. The number of rotatable bonds is 0. The molecule has 1 heterocycles. The van der Waals surface area contributed by atoms with Crippen molar-refractivity contribution in [3.05, 3.63) is 29.6 Å². The zero-order valence-corrected chi connectivity index (χ0v) is 6.47. The van der Waals surface area contributed by atoms with Crippen LogP contribution in [0.2, 0.25) is 0 Å². The Morgan fingerprint density at radius 2 is 2.38 bits per heavy atom. The van der Waals surface area contributed by atoms with Crippen LogP contribution in [0.5, 0.6) is 0 Å². The van der Waals surface area contributed by atoms with Gasteiger partial charge in [0.2, 0.25) is 6.19 Å². The summed E-state index contributed by atoms with van der Waals surface area (Å²) in [6, 6.07) is 4.89. The summed E-state index contributed by atoms with van der Waals surface area (Å²) in [4.78, 5) is 3.25. The van der Waals surface area contributed by atoms with Crippen LogP contribution in [0.3, 0.4) is 0 Å². The van der Waals surface area contributed by atoms with Gasteiger partial charge in [0, 0.05) is 0 Å². The molecule has 0 unspecified atom stereocenters. The third kappa shape index (κ3) is 0.996. The lowest BCUT2D eigenvalue weighted by molar-refractivity contribution is 0.836. The van der Waals surface area contributed by atoms with Gasteiger partial charge in [-0.3, -0.25) is 0 Å². The SMILES string of the molecule is [C-]#[N+]c1ccc2c(c1)nnn2C#N. The van der Waals surface area contributed by atoms with E-state index in [2.05, 4.69) is 15.2 Å². The fourth-order valence-electron chi connectivity index (χ4n) is 1.06. The molecule has 0 atom stereocenters. The molecule has 5 nitrogen and oxygen atoms in total. The monoisotopic (exact) mass is 169 g/mol. The second-order valence-corrected chi connectivity index (χ2v) is 2.39. The first-order valence-electron chi connectivity index (χ1n) is 3.48. The predicted molar refractivity (Wildman–Crippen MR) is 44.8 cm³/mol. The number of nitriles is 1. The van der Waals surface area contributed by atoms with Gasteiger partial charge in [-0.2, -0.15) is 5.26 Å². The van der Waals surface area contributed by atoms with Crippen molar-refractivity contribution < 1.29 is 0 Å². The smallest absolute Gasteiger partial charge is 0.208 e.